The second kappa shape index (κ2) is 20.8. The molecule has 0 bridgehead atoms. The van der Waals surface area contributed by atoms with Crippen molar-refractivity contribution in [1.29, 1.82) is 0 Å². The zero-order valence-electron chi connectivity index (χ0n) is 29.8. The highest BCUT2D eigenvalue weighted by molar-refractivity contribution is 7.98. The molecule has 0 saturated heterocycles. The molecular formula is C30H37ClF3N6O13PS. The molecule has 3 aromatic rings. The van der Waals surface area contributed by atoms with Gasteiger partial charge in [0.1, 0.15) is 22.8 Å². The Kier molecular flexibility index (Phi) is 18.2. The first-order chi connectivity index (χ1) is 25.2. The fourth-order valence-corrected chi connectivity index (χ4v) is 4.65. The van der Waals surface area contributed by atoms with Crippen LogP contribution in [0.2, 0.25) is 5.02 Å². The number of esters is 2. The molecule has 0 saturated carbocycles. The zero-order valence-corrected chi connectivity index (χ0v) is 32.3. The number of nitro groups is 1. The van der Waals surface area contributed by atoms with Crippen LogP contribution in [0.1, 0.15) is 56.2 Å². The van der Waals surface area contributed by atoms with E-state index >= 15 is 0 Å². The Morgan fingerprint density at radius 1 is 1.15 bits per heavy atom. The number of nitro benzene ring substituents is 1. The van der Waals surface area contributed by atoms with Crippen molar-refractivity contribution in [3.8, 4) is 11.5 Å². The standard InChI is InChI=1S/C19H15ClF3NO7.C8H14N4OS.C3H8NO5P/c1-3-29-17(25)10(2)30-18(26)13-9-12(5-6-15(13)24(27)28)31-16-7-4-11(8-14(16)20)19(21,22)23;1-8(2,3)5-6(13)12(9)7(14-4)11-10-5;5-3(6)1-4-2-10(7,8)9/h4-10H,3H2,1-2H3;9H2,1-4H3;4H,1-2H2,(H,5,6)(H2,7,8,9). The largest absolute Gasteiger partial charge is 0.480 e. The molecule has 2 aromatic carbocycles. The van der Waals surface area contributed by atoms with E-state index in [4.69, 9.17) is 46.5 Å². The Hall–Kier alpha value is -4.80. The normalized spacial score (nSPS) is 11.9. The van der Waals surface area contributed by atoms with Crippen LogP contribution in [0.4, 0.5) is 18.9 Å². The maximum absolute atomic E-state index is 12.8. The number of ether oxygens (including phenoxy) is 3. The number of hydrogen-bond acceptors (Lipinski definition) is 15. The third kappa shape index (κ3) is 16.2. The van der Waals surface area contributed by atoms with Crippen LogP contribution in [-0.4, -0.2) is 84.4 Å². The van der Waals surface area contributed by atoms with Gasteiger partial charge in [0.2, 0.25) is 5.16 Å². The molecule has 0 amide bonds. The quantitative estimate of drug-likeness (QED) is 0.0423. The highest BCUT2D eigenvalue weighted by atomic mass is 35.5. The van der Waals surface area contributed by atoms with Crippen LogP contribution in [0.3, 0.4) is 0 Å². The van der Waals surface area contributed by atoms with Crippen LogP contribution in [0.15, 0.2) is 46.3 Å². The first-order valence-electron chi connectivity index (χ1n) is 15.2. The number of nitrogens with two attached hydrogens (primary N) is 1. The van der Waals surface area contributed by atoms with E-state index in [1.165, 1.54) is 18.7 Å². The number of carboxylic acid groups (broad SMARTS) is 1. The van der Waals surface area contributed by atoms with E-state index < -0.39 is 72.4 Å². The average molecular weight is 845 g/mol. The van der Waals surface area contributed by atoms with Crippen LogP contribution in [-0.2, 0) is 35.2 Å². The molecule has 1 unspecified atom stereocenters. The first-order valence-corrected chi connectivity index (χ1v) is 18.6. The summed E-state index contributed by atoms with van der Waals surface area (Å²) in [5.74, 6) is 2.07. The number of carboxylic acids is 1. The first kappa shape index (κ1) is 48.2. The molecule has 0 aliphatic heterocycles. The minimum absolute atomic E-state index is 0.0398. The van der Waals surface area contributed by atoms with E-state index in [9.17, 15) is 47.0 Å². The molecule has 1 atom stereocenters. The number of hydrogen-bond donors (Lipinski definition) is 5. The van der Waals surface area contributed by atoms with Crippen LogP contribution in [0.25, 0.3) is 0 Å². The van der Waals surface area contributed by atoms with Gasteiger partial charge in [0.05, 0.1) is 34.9 Å². The van der Waals surface area contributed by atoms with Gasteiger partial charge in [-0.05, 0) is 44.4 Å². The molecule has 0 aliphatic carbocycles. The summed E-state index contributed by atoms with van der Waals surface area (Å²) in [5.41, 5.74) is -2.39. The highest BCUT2D eigenvalue weighted by Crippen LogP contribution is 2.37. The number of aromatic nitrogens is 3. The van der Waals surface area contributed by atoms with Crippen molar-refractivity contribution < 1.29 is 66.1 Å². The Balaban J connectivity index is 0.000000516. The van der Waals surface area contributed by atoms with Crippen molar-refractivity contribution in [2.75, 3.05) is 31.5 Å². The zero-order chi connectivity index (χ0) is 42.5. The van der Waals surface area contributed by atoms with Gasteiger partial charge in [-0.15, -0.1) is 10.2 Å². The van der Waals surface area contributed by atoms with Crippen LogP contribution < -0.4 is 21.5 Å². The van der Waals surface area contributed by atoms with Gasteiger partial charge in [-0.3, -0.25) is 29.6 Å². The fourth-order valence-electron chi connectivity index (χ4n) is 3.62. The van der Waals surface area contributed by atoms with Gasteiger partial charge in [-0.1, -0.05) is 44.1 Å². The highest BCUT2D eigenvalue weighted by Gasteiger charge is 2.31. The lowest BCUT2D eigenvalue weighted by atomic mass is 9.93. The van der Waals surface area contributed by atoms with Crippen LogP contribution in [0, 0.1) is 10.1 Å². The third-order valence-corrected chi connectivity index (χ3v) is 7.70. The van der Waals surface area contributed by atoms with E-state index in [-0.39, 0.29) is 34.1 Å². The predicted octanol–water partition coefficient (Wildman–Crippen LogP) is 4.34. The number of alkyl halides is 3. The summed E-state index contributed by atoms with van der Waals surface area (Å²) in [6, 6.07) is 5.37. The average Bonchev–Trinajstić information content (AvgIpc) is 3.05. The van der Waals surface area contributed by atoms with Crippen LogP contribution in [0.5, 0.6) is 11.5 Å². The molecule has 0 aliphatic rings. The summed E-state index contributed by atoms with van der Waals surface area (Å²) < 4.78 is 64.3. The maximum atomic E-state index is 12.8. The van der Waals surface area contributed by atoms with Gasteiger partial charge < -0.3 is 34.9 Å². The predicted molar refractivity (Wildman–Crippen MR) is 191 cm³/mol. The lowest BCUT2D eigenvalue weighted by Gasteiger charge is -2.16. The van der Waals surface area contributed by atoms with Gasteiger partial charge in [-0.2, -0.15) is 17.8 Å². The van der Waals surface area contributed by atoms with E-state index in [0.29, 0.717) is 16.9 Å². The molecule has 19 nitrogen and oxygen atoms in total. The second-order valence-corrected chi connectivity index (χ2v) is 14.4. The van der Waals surface area contributed by atoms with E-state index in [2.05, 4.69) is 15.5 Å². The number of rotatable bonds is 12. The van der Waals surface area contributed by atoms with Crippen molar-refractivity contribution in [1.82, 2.24) is 20.2 Å². The SMILES string of the molecule is CCOC(=O)C(C)OC(=O)c1cc(Oc2ccc(C(F)(F)F)cc2Cl)ccc1[N+](=O)[O-].CSc1nnc(C(C)(C)C)c(=O)n1N.O=C(O)CNCP(=O)(O)O. The number of nitrogen functional groups attached to an aromatic ring is 1. The van der Waals surface area contributed by atoms with Gasteiger partial charge in [0, 0.05) is 17.5 Å². The summed E-state index contributed by atoms with van der Waals surface area (Å²) >= 11 is 7.12. The topological polar surface area (TPSA) is 286 Å². The van der Waals surface area contributed by atoms with Crippen LogP contribution >= 0.6 is 31.0 Å². The van der Waals surface area contributed by atoms with Gasteiger partial charge in [0.25, 0.3) is 11.2 Å². The molecule has 55 heavy (non-hydrogen) atoms. The van der Waals surface area contributed by atoms with Crippen molar-refractivity contribution in [3.05, 3.63) is 78.7 Å². The van der Waals surface area contributed by atoms with Gasteiger partial charge >= 0.3 is 31.7 Å². The number of thioether (sulfide) groups is 1. The number of carbonyl (C=O) groups excluding carboxylic acids is 2. The number of nitrogens with zero attached hydrogens (tertiary/aromatic N) is 4. The molecular weight excluding hydrogens is 808 g/mol. The molecule has 0 fully saturated rings. The summed E-state index contributed by atoms with van der Waals surface area (Å²) in [6.07, 6.45) is -4.74. The van der Waals surface area contributed by atoms with E-state index in [1.54, 1.807) is 13.2 Å². The molecule has 6 N–H and O–H groups in total. The summed E-state index contributed by atoms with van der Waals surface area (Å²) in [7, 11) is -4.10. The fraction of sp³-hybridized carbons (Fsp3) is 0.400. The molecule has 304 valence electrons. The third-order valence-electron chi connectivity index (χ3n) is 6.12. The number of carbonyl (C=O) groups is 3. The lowest BCUT2D eigenvalue weighted by molar-refractivity contribution is -0.385. The minimum Gasteiger partial charge on any atom is -0.480 e. The number of halogens is 4. The van der Waals surface area contributed by atoms with Crippen molar-refractivity contribution in [2.24, 2.45) is 0 Å². The molecule has 0 radical (unpaired) electrons. The Morgan fingerprint density at radius 3 is 2.24 bits per heavy atom. The smallest absolute Gasteiger partial charge is 0.416 e. The van der Waals surface area contributed by atoms with Gasteiger partial charge in [-0.25, -0.2) is 9.59 Å². The number of aliphatic carboxylic acids is 1. The lowest BCUT2D eigenvalue weighted by Crippen LogP contribution is -2.37. The Labute approximate surface area is 319 Å². The van der Waals surface area contributed by atoms with Gasteiger partial charge in [0.15, 0.2) is 6.10 Å². The van der Waals surface area contributed by atoms with Crippen molar-refractivity contribution >= 4 is 54.6 Å². The van der Waals surface area contributed by atoms with E-state index in [0.717, 1.165) is 35.0 Å². The Bertz CT molecular complexity index is 1960. The molecule has 1 aromatic heterocycles. The molecule has 3 rings (SSSR count). The van der Waals surface area contributed by atoms with Crippen molar-refractivity contribution in [3.63, 3.8) is 0 Å². The summed E-state index contributed by atoms with van der Waals surface area (Å²) in [4.78, 5) is 72.2. The molecule has 0 spiro atoms. The van der Waals surface area contributed by atoms with Crippen molar-refractivity contribution in [2.45, 2.75) is 57.5 Å². The molecule has 1 heterocycles. The molecule has 25 heteroatoms. The maximum Gasteiger partial charge on any atom is 0.416 e. The monoisotopic (exact) mass is 844 g/mol. The Morgan fingerprint density at radius 2 is 1.76 bits per heavy atom. The number of nitrogens with one attached hydrogen (secondary N) is 1. The second-order valence-electron chi connectivity index (χ2n) is 11.6. The minimum atomic E-state index is -4.61. The summed E-state index contributed by atoms with van der Waals surface area (Å²) in [6.45, 7) is 8.07. The summed E-state index contributed by atoms with van der Waals surface area (Å²) in [5, 5.41) is 29.1. The number of benzene rings is 2. The van der Waals surface area contributed by atoms with E-state index in [1.807, 2.05) is 20.8 Å².